The highest BCUT2D eigenvalue weighted by atomic mass is 16.5. The van der Waals surface area contributed by atoms with E-state index in [9.17, 15) is 4.79 Å². The predicted octanol–water partition coefficient (Wildman–Crippen LogP) is 1.60. The van der Waals surface area contributed by atoms with Crippen LogP contribution in [0.2, 0.25) is 0 Å². The summed E-state index contributed by atoms with van der Waals surface area (Å²) in [7, 11) is 4.83. The molecule has 0 aliphatic carbocycles. The average Bonchev–Trinajstić information content (AvgIpc) is 2.86. The van der Waals surface area contributed by atoms with Crippen molar-refractivity contribution in [2.24, 2.45) is 7.05 Å². The second-order valence-electron chi connectivity index (χ2n) is 4.28. The number of rotatable bonds is 5. The van der Waals surface area contributed by atoms with Crippen molar-refractivity contribution in [1.82, 2.24) is 14.8 Å². The highest BCUT2D eigenvalue weighted by Crippen LogP contribution is 2.20. The monoisotopic (exact) mass is 275 g/mol. The van der Waals surface area contributed by atoms with Crippen LogP contribution in [0.4, 0.5) is 0 Å². The van der Waals surface area contributed by atoms with Crippen molar-refractivity contribution >= 4 is 5.97 Å². The van der Waals surface area contributed by atoms with Gasteiger partial charge < -0.3 is 9.47 Å². The lowest BCUT2D eigenvalue weighted by molar-refractivity contribution is -0.140. The first kappa shape index (κ1) is 14.0. The molecule has 1 aromatic heterocycles. The van der Waals surface area contributed by atoms with Gasteiger partial charge in [-0.3, -0.25) is 4.79 Å². The normalized spacial score (nSPS) is 10.3. The minimum Gasteiger partial charge on any atom is -0.497 e. The minimum atomic E-state index is -0.261. The van der Waals surface area contributed by atoms with Gasteiger partial charge in [0.05, 0.1) is 20.6 Å². The van der Waals surface area contributed by atoms with Crippen LogP contribution in [0.25, 0.3) is 11.4 Å². The number of nitrogens with zero attached hydrogens (tertiary/aromatic N) is 3. The summed E-state index contributed by atoms with van der Waals surface area (Å²) in [5.41, 5.74) is 0.949. The van der Waals surface area contributed by atoms with Gasteiger partial charge in [-0.25, -0.2) is 9.67 Å². The van der Waals surface area contributed by atoms with Crippen molar-refractivity contribution in [2.75, 3.05) is 14.2 Å². The number of carbonyl (C=O) groups is 1. The van der Waals surface area contributed by atoms with E-state index in [0.717, 1.165) is 17.1 Å². The number of esters is 1. The topological polar surface area (TPSA) is 66.2 Å². The molecular formula is C14H17N3O3. The second kappa shape index (κ2) is 6.18. The molecule has 0 saturated carbocycles. The Kier molecular flexibility index (Phi) is 4.34. The molecule has 0 aliphatic rings. The lowest BCUT2D eigenvalue weighted by Crippen LogP contribution is -2.03. The number of ether oxygens (including phenoxy) is 2. The Labute approximate surface area is 117 Å². The highest BCUT2D eigenvalue weighted by Gasteiger charge is 2.11. The summed E-state index contributed by atoms with van der Waals surface area (Å²) in [5, 5.41) is 4.30. The van der Waals surface area contributed by atoms with E-state index in [-0.39, 0.29) is 12.4 Å². The first-order valence-electron chi connectivity index (χ1n) is 6.25. The lowest BCUT2D eigenvalue weighted by Gasteiger charge is -2.02. The summed E-state index contributed by atoms with van der Waals surface area (Å²) in [6, 6.07) is 7.59. The molecule has 20 heavy (non-hydrogen) atoms. The summed E-state index contributed by atoms with van der Waals surface area (Å²) in [4.78, 5) is 15.6. The van der Waals surface area contributed by atoms with Gasteiger partial charge in [-0.1, -0.05) is 0 Å². The molecule has 0 spiro atoms. The van der Waals surface area contributed by atoms with Crippen LogP contribution < -0.4 is 4.74 Å². The number of benzene rings is 1. The standard InChI is InChI=1S/C14H17N3O3/c1-17-14(10-4-6-11(19-2)7-5-10)15-12(16-17)8-9-13(18)20-3/h4-7H,8-9H2,1-3H3. The van der Waals surface area contributed by atoms with E-state index >= 15 is 0 Å². The van der Waals surface area contributed by atoms with Crippen LogP contribution in [0.3, 0.4) is 0 Å². The Bertz CT molecular complexity index is 590. The highest BCUT2D eigenvalue weighted by molar-refractivity contribution is 5.69. The molecule has 1 aromatic carbocycles. The van der Waals surface area contributed by atoms with Gasteiger partial charge >= 0.3 is 5.97 Å². The number of methoxy groups -OCH3 is 2. The Balaban J connectivity index is 2.15. The molecule has 0 N–H and O–H groups in total. The summed E-state index contributed by atoms with van der Waals surface area (Å²) < 4.78 is 11.4. The van der Waals surface area contributed by atoms with Crippen molar-refractivity contribution in [1.29, 1.82) is 0 Å². The first-order valence-corrected chi connectivity index (χ1v) is 6.25. The number of hydrogen-bond donors (Lipinski definition) is 0. The fourth-order valence-electron chi connectivity index (χ4n) is 1.85. The van der Waals surface area contributed by atoms with Crippen LogP contribution in [0, 0.1) is 0 Å². The van der Waals surface area contributed by atoms with Gasteiger partial charge in [-0.05, 0) is 24.3 Å². The molecule has 0 fully saturated rings. The minimum absolute atomic E-state index is 0.261. The third kappa shape index (κ3) is 3.14. The smallest absolute Gasteiger partial charge is 0.305 e. The Morgan fingerprint density at radius 3 is 2.55 bits per heavy atom. The van der Waals surface area contributed by atoms with Crippen LogP contribution >= 0.6 is 0 Å². The SMILES string of the molecule is COC(=O)CCc1nc(-c2ccc(OC)cc2)n(C)n1. The molecule has 0 unspecified atom stereocenters. The maximum atomic E-state index is 11.1. The zero-order valence-corrected chi connectivity index (χ0v) is 11.8. The maximum absolute atomic E-state index is 11.1. The maximum Gasteiger partial charge on any atom is 0.305 e. The van der Waals surface area contributed by atoms with E-state index in [1.165, 1.54) is 7.11 Å². The second-order valence-corrected chi connectivity index (χ2v) is 4.28. The van der Waals surface area contributed by atoms with E-state index in [1.54, 1.807) is 11.8 Å². The average molecular weight is 275 g/mol. The molecule has 0 atom stereocenters. The van der Waals surface area contributed by atoms with Crippen molar-refractivity contribution < 1.29 is 14.3 Å². The Hall–Kier alpha value is -2.37. The van der Waals surface area contributed by atoms with E-state index in [0.29, 0.717) is 12.2 Å². The molecule has 106 valence electrons. The molecule has 1 heterocycles. The molecule has 2 rings (SSSR count). The predicted molar refractivity (Wildman–Crippen MR) is 73.3 cm³/mol. The van der Waals surface area contributed by atoms with E-state index in [1.807, 2.05) is 31.3 Å². The molecule has 6 heteroatoms. The molecular weight excluding hydrogens is 258 g/mol. The van der Waals surface area contributed by atoms with Crippen LogP contribution in [-0.2, 0) is 23.0 Å². The zero-order valence-electron chi connectivity index (χ0n) is 11.8. The fraction of sp³-hybridized carbons (Fsp3) is 0.357. The third-order valence-electron chi connectivity index (χ3n) is 2.94. The van der Waals surface area contributed by atoms with E-state index in [2.05, 4.69) is 14.8 Å². The molecule has 0 bridgehead atoms. The van der Waals surface area contributed by atoms with Crippen molar-refractivity contribution in [3.63, 3.8) is 0 Å². The van der Waals surface area contributed by atoms with Crippen molar-refractivity contribution in [3.05, 3.63) is 30.1 Å². The van der Waals surface area contributed by atoms with E-state index < -0.39 is 0 Å². The summed E-state index contributed by atoms with van der Waals surface area (Å²) in [6.07, 6.45) is 0.749. The number of aryl methyl sites for hydroxylation is 2. The fourth-order valence-corrected chi connectivity index (χ4v) is 1.85. The van der Waals surface area contributed by atoms with Crippen LogP contribution in [-0.4, -0.2) is 35.0 Å². The largest absolute Gasteiger partial charge is 0.497 e. The van der Waals surface area contributed by atoms with Crippen molar-refractivity contribution in [3.8, 4) is 17.1 Å². The van der Waals surface area contributed by atoms with Crippen molar-refractivity contribution in [2.45, 2.75) is 12.8 Å². The lowest BCUT2D eigenvalue weighted by atomic mass is 10.2. The van der Waals surface area contributed by atoms with Gasteiger partial charge in [-0.2, -0.15) is 5.10 Å². The molecule has 0 aliphatic heterocycles. The van der Waals surface area contributed by atoms with Gasteiger partial charge in [0.1, 0.15) is 5.75 Å². The van der Waals surface area contributed by atoms with E-state index in [4.69, 9.17) is 4.74 Å². The molecule has 6 nitrogen and oxygen atoms in total. The molecule has 0 amide bonds. The molecule has 0 saturated heterocycles. The summed E-state index contributed by atoms with van der Waals surface area (Å²) in [6.45, 7) is 0. The van der Waals surface area contributed by atoms with Gasteiger partial charge in [-0.15, -0.1) is 0 Å². The van der Waals surface area contributed by atoms with Crippen LogP contribution in [0.5, 0.6) is 5.75 Å². The number of aromatic nitrogens is 3. The summed E-state index contributed by atoms with van der Waals surface area (Å²) in [5.74, 6) is 1.92. The first-order chi connectivity index (χ1) is 9.63. The zero-order chi connectivity index (χ0) is 14.5. The number of carbonyl (C=O) groups excluding carboxylic acids is 1. The Morgan fingerprint density at radius 2 is 1.95 bits per heavy atom. The third-order valence-corrected chi connectivity index (χ3v) is 2.94. The quantitative estimate of drug-likeness (QED) is 0.775. The molecule has 2 aromatic rings. The van der Waals surface area contributed by atoms with Crippen LogP contribution in [0.1, 0.15) is 12.2 Å². The Morgan fingerprint density at radius 1 is 1.25 bits per heavy atom. The van der Waals surface area contributed by atoms with Gasteiger partial charge in [0.2, 0.25) is 0 Å². The van der Waals surface area contributed by atoms with Crippen LogP contribution in [0.15, 0.2) is 24.3 Å². The van der Waals surface area contributed by atoms with Gasteiger partial charge in [0.25, 0.3) is 0 Å². The van der Waals surface area contributed by atoms with Gasteiger partial charge in [0.15, 0.2) is 11.6 Å². The summed E-state index contributed by atoms with van der Waals surface area (Å²) >= 11 is 0. The van der Waals surface area contributed by atoms with Gasteiger partial charge in [0, 0.05) is 19.0 Å². The number of hydrogen-bond acceptors (Lipinski definition) is 5. The molecule has 0 radical (unpaired) electrons.